The Hall–Kier alpha value is -0.620. The number of nitrogens with zero attached hydrogens (tertiary/aromatic N) is 1. The molecule has 0 aromatic heterocycles. The quantitative estimate of drug-likeness (QED) is 0.822. The predicted molar refractivity (Wildman–Crippen MR) is 74.4 cm³/mol. The van der Waals surface area contributed by atoms with E-state index in [2.05, 4.69) is 0 Å². The first kappa shape index (κ1) is 14.8. The zero-order valence-corrected chi connectivity index (χ0v) is 12.3. The van der Waals surface area contributed by atoms with Gasteiger partial charge in [0.15, 0.2) is 9.84 Å². The van der Waals surface area contributed by atoms with E-state index in [1.165, 1.54) is 6.42 Å². The Morgan fingerprint density at radius 3 is 2.21 bits per heavy atom. The summed E-state index contributed by atoms with van der Waals surface area (Å²) in [4.78, 5) is 14.0. The lowest BCUT2D eigenvalue weighted by Crippen LogP contribution is -2.46. The van der Waals surface area contributed by atoms with Crippen molar-refractivity contribution in [2.24, 2.45) is 11.1 Å². The van der Waals surface area contributed by atoms with Crippen molar-refractivity contribution in [3.05, 3.63) is 0 Å². The summed E-state index contributed by atoms with van der Waals surface area (Å²) in [5.41, 5.74) is 5.86. The Balaban J connectivity index is 1.93. The summed E-state index contributed by atoms with van der Waals surface area (Å²) in [6, 6.07) is 0. The Morgan fingerprint density at radius 1 is 1.11 bits per heavy atom. The van der Waals surface area contributed by atoms with Crippen molar-refractivity contribution in [2.45, 2.75) is 38.5 Å². The van der Waals surface area contributed by atoms with Crippen LogP contribution in [0.2, 0.25) is 0 Å². The molecule has 1 aliphatic heterocycles. The molecule has 1 amide bonds. The summed E-state index contributed by atoms with van der Waals surface area (Å²) in [6.07, 6.45) is 6.09. The zero-order valence-electron chi connectivity index (χ0n) is 11.4. The highest BCUT2D eigenvalue weighted by Crippen LogP contribution is 2.38. The first-order valence-corrected chi connectivity index (χ1v) is 8.97. The number of nitrogens with two attached hydrogens (primary N) is 1. The molecule has 0 radical (unpaired) electrons. The molecule has 5 nitrogen and oxygen atoms in total. The van der Waals surface area contributed by atoms with Gasteiger partial charge in [0.2, 0.25) is 5.91 Å². The van der Waals surface area contributed by atoms with Crippen LogP contribution in [0.15, 0.2) is 0 Å². The van der Waals surface area contributed by atoms with Crippen LogP contribution in [0.25, 0.3) is 0 Å². The zero-order chi connectivity index (χ0) is 13.9. The van der Waals surface area contributed by atoms with E-state index < -0.39 is 9.84 Å². The molecule has 19 heavy (non-hydrogen) atoms. The van der Waals surface area contributed by atoms with Gasteiger partial charge in [0.05, 0.1) is 11.5 Å². The minimum Gasteiger partial charge on any atom is -0.341 e. The SMILES string of the molecule is NCC1(CC(=O)N2CCS(=O)(=O)CC2)CCCCC1. The maximum absolute atomic E-state index is 12.3. The summed E-state index contributed by atoms with van der Waals surface area (Å²) < 4.78 is 22.7. The number of sulfone groups is 1. The van der Waals surface area contributed by atoms with Gasteiger partial charge in [-0.15, -0.1) is 0 Å². The van der Waals surface area contributed by atoms with Gasteiger partial charge in [-0.1, -0.05) is 19.3 Å². The number of hydrogen-bond donors (Lipinski definition) is 1. The van der Waals surface area contributed by atoms with Crippen LogP contribution in [0.5, 0.6) is 0 Å². The molecule has 110 valence electrons. The van der Waals surface area contributed by atoms with Crippen LogP contribution < -0.4 is 5.73 Å². The molecule has 0 aromatic rings. The first-order valence-electron chi connectivity index (χ1n) is 7.15. The second kappa shape index (κ2) is 5.79. The fourth-order valence-corrected chi connectivity index (χ4v) is 4.35. The molecular weight excluding hydrogens is 264 g/mol. The molecule has 1 heterocycles. The van der Waals surface area contributed by atoms with Crippen LogP contribution in [0, 0.1) is 5.41 Å². The first-order chi connectivity index (χ1) is 8.96. The third-order valence-corrected chi connectivity index (χ3v) is 6.18. The van der Waals surface area contributed by atoms with Crippen molar-refractivity contribution in [3.63, 3.8) is 0 Å². The van der Waals surface area contributed by atoms with E-state index in [0.717, 1.165) is 25.7 Å². The van der Waals surface area contributed by atoms with Crippen LogP contribution in [-0.2, 0) is 14.6 Å². The molecule has 2 aliphatic rings. The van der Waals surface area contributed by atoms with Crippen molar-refractivity contribution in [2.75, 3.05) is 31.1 Å². The minimum atomic E-state index is -2.92. The van der Waals surface area contributed by atoms with Gasteiger partial charge in [0.1, 0.15) is 0 Å². The number of hydrogen-bond acceptors (Lipinski definition) is 4. The lowest BCUT2D eigenvalue weighted by Gasteiger charge is -2.38. The second-order valence-electron chi connectivity index (χ2n) is 5.97. The third kappa shape index (κ3) is 3.69. The van der Waals surface area contributed by atoms with Crippen LogP contribution >= 0.6 is 0 Å². The summed E-state index contributed by atoms with van der Waals surface area (Å²) in [7, 11) is -2.92. The van der Waals surface area contributed by atoms with Crippen LogP contribution in [-0.4, -0.2) is 50.4 Å². The third-order valence-electron chi connectivity index (χ3n) is 4.57. The average Bonchev–Trinajstić information content (AvgIpc) is 2.39. The lowest BCUT2D eigenvalue weighted by atomic mass is 9.71. The number of amides is 1. The Bertz CT molecular complexity index is 413. The van der Waals surface area contributed by atoms with E-state index in [1.807, 2.05) is 0 Å². The van der Waals surface area contributed by atoms with Crippen LogP contribution in [0.4, 0.5) is 0 Å². The highest BCUT2D eigenvalue weighted by molar-refractivity contribution is 7.91. The fraction of sp³-hybridized carbons (Fsp3) is 0.923. The number of carbonyl (C=O) groups excluding carboxylic acids is 1. The van der Waals surface area contributed by atoms with E-state index in [1.54, 1.807) is 4.90 Å². The molecule has 2 rings (SSSR count). The van der Waals surface area contributed by atoms with E-state index in [9.17, 15) is 13.2 Å². The second-order valence-corrected chi connectivity index (χ2v) is 8.28. The van der Waals surface area contributed by atoms with Crippen molar-refractivity contribution in [1.29, 1.82) is 0 Å². The van der Waals surface area contributed by atoms with E-state index >= 15 is 0 Å². The van der Waals surface area contributed by atoms with Gasteiger partial charge in [-0.25, -0.2) is 8.42 Å². The molecular formula is C13H24N2O3S. The van der Waals surface area contributed by atoms with E-state index in [4.69, 9.17) is 5.73 Å². The van der Waals surface area contributed by atoms with Crippen molar-refractivity contribution >= 4 is 15.7 Å². The molecule has 6 heteroatoms. The van der Waals surface area contributed by atoms with E-state index in [-0.39, 0.29) is 22.8 Å². The summed E-state index contributed by atoms with van der Waals surface area (Å²) in [5.74, 6) is 0.296. The topological polar surface area (TPSA) is 80.5 Å². The van der Waals surface area contributed by atoms with Crippen LogP contribution in [0.3, 0.4) is 0 Å². The molecule has 0 atom stereocenters. The standard InChI is InChI=1S/C13H24N2O3S/c14-11-13(4-2-1-3-5-13)10-12(16)15-6-8-19(17,18)9-7-15/h1-11,14H2. The highest BCUT2D eigenvalue weighted by Gasteiger charge is 2.35. The Morgan fingerprint density at radius 2 is 1.68 bits per heavy atom. The molecule has 0 bridgehead atoms. The molecule has 1 saturated carbocycles. The molecule has 1 aliphatic carbocycles. The smallest absolute Gasteiger partial charge is 0.223 e. The van der Waals surface area contributed by atoms with Gasteiger partial charge in [0, 0.05) is 19.5 Å². The summed E-state index contributed by atoms with van der Waals surface area (Å²) in [6.45, 7) is 1.26. The number of carbonyl (C=O) groups is 1. The molecule has 1 saturated heterocycles. The maximum atomic E-state index is 12.3. The fourth-order valence-electron chi connectivity index (χ4n) is 3.15. The Kier molecular flexibility index (Phi) is 4.50. The van der Waals surface area contributed by atoms with Gasteiger partial charge in [-0.05, 0) is 24.8 Å². The highest BCUT2D eigenvalue weighted by atomic mass is 32.2. The van der Waals surface area contributed by atoms with Crippen molar-refractivity contribution in [1.82, 2.24) is 4.90 Å². The lowest BCUT2D eigenvalue weighted by molar-refractivity contribution is -0.133. The Labute approximate surface area is 115 Å². The molecule has 2 N–H and O–H groups in total. The van der Waals surface area contributed by atoms with Crippen molar-refractivity contribution in [3.8, 4) is 0 Å². The molecule has 2 fully saturated rings. The minimum absolute atomic E-state index is 0.0361. The molecule has 0 unspecified atom stereocenters. The molecule has 0 spiro atoms. The summed E-state index contributed by atoms with van der Waals surface area (Å²) >= 11 is 0. The average molecular weight is 288 g/mol. The summed E-state index contributed by atoms with van der Waals surface area (Å²) in [5, 5.41) is 0. The van der Waals surface area contributed by atoms with Crippen molar-refractivity contribution < 1.29 is 13.2 Å². The van der Waals surface area contributed by atoms with Gasteiger partial charge in [-0.2, -0.15) is 0 Å². The normalized spacial score (nSPS) is 26.1. The van der Waals surface area contributed by atoms with Gasteiger partial charge in [-0.3, -0.25) is 4.79 Å². The largest absolute Gasteiger partial charge is 0.341 e. The van der Waals surface area contributed by atoms with Gasteiger partial charge >= 0.3 is 0 Å². The monoisotopic (exact) mass is 288 g/mol. The molecule has 0 aromatic carbocycles. The predicted octanol–water partition coefficient (Wildman–Crippen LogP) is 0.543. The van der Waals surface area contributed by atoms with Gasteiger partial charge in [0.25, 0.3) is 0 Å². The van der Waals surface area contributed by atoms with Gasteiger partial charge < -0.3 is 10.6 Å². The van der Waals surface area contributed by atoms with E-state index in [0.29, 0.717) is 26.1 Å². The van der Waals surface area contributed by atoms with Crippen LogP contribution in [0.1, 0.15) is 38.5 Å². The maximum Gasteiger partial charge on any atom is 0.223 e. The number of rotatable bonds is 3.